The highest BCUT2D eigenvalue weighted by Crippen LogP contribution is 2.12. The van der Waals surface area contributed by atoms with Gasteiger partial charge in [0.15, 0.2) is 0 Å². The molecule has 1 aromatic rings. The number of aryl methyl sites for hydroxylation is 1. The largest absolute Gasteiger partial charge is 0.493 e. The van der Waals surface area contributed by atoms with Crippen molar-refractivity contribution in [2.45, 2.75) is 13.3 Å². The number of amides is 1. The highest BCUT2D eigenvalue weighted by Gasteiger charge is 2.01. The molecule has 1 aromatic carbocycles. The summed E-state index contributed by atoms with van der Waals surface area (Å²) in [6.07, 6.45) is 0.387. The van der Waals surface area contributed by atoms with Crippen LogP contribution < -0.4 is 15.4 Å². The minimum absolute atomic E-state index is 0.0212. The van der Waals surface area contributed by atoms with E-state index in [1.807, 2.05) is 38.2 Å². The second-order valence-electron chi connectivity index (χ2n) is 3.87. The van der Waals surface area contributed by atoms with Gasteiger partial charge in [0, 0.05) is 13.1 Å². The summed E-state index contributed by atoms with van der Waals surface area (Å²) >= 11 is 0. The number of carbonyl (C=O) groups is 1. The first-order chi connectivity index (χ1) is 8.22. The van der Waals surface area contributed by atoms with Crippen molar-refractivity contribution in [3.05, 3.63) is 29.8 Å². The highest BCUT2D eigenvalue weighted by atomic mass is 16.5. The molecule has 4 nitrogen and oxygen atoms in total. The second-order valence-corrected chi connectivity index (χ2v) is 3.87. The molecule has 0 aliphatic carbocycles. The summed E-state index contributed by atoms with van der Waals surface area (Å²) in [5, 5.41) is 5.77. The van der Waals surface area contributed by atoms with Crippen molar-refractivity contribution in [1.29, 1.82) is 0 Å². The molecule has 0 unspecified atom stereocenters. The first kappa shape index (κ1) is 13.5. The first-order valence-corrected chi connectivity index (χ1v) is 5.83. The third kappa shape index (κ3) is 5.92. The predicted octanol–water partition coefficient (Wildman–Crippen LogP) is 1.10. The fourth-order valence-corrected chi connectivity index (χ4v) is 1.38. The van der Waals surface area contributed by atoms with Crippen LogP contribution in [0.5, 0.6) is 5.75 Å². The van der Waals surface area contributed by atoms with Gasteiger partial charge in [-0.25, -0.2) is 0 Å². The third-order valence-corrected chi connectivity index (χ3v) is 2.28. The minimum atomic E-state index is 0.0212. The molecule has 0 saturated carbocycles. The van der Waals surface area contributed by atoms with Gasteiger partial charge in [-0.15, -0.1) is 0 Å². The lowest BCUT2D eigenvalue weighted by Gasteiger charge is -2.07. The number of hydrogen-bond acceptors (Lipinski definition) is 3. The third-order valence-electron chi connectivity index (χ3n) is 2.28. The maximum Gasteiger partial charge on any atom is 0.223 e. The van der Waals surface area contributed by atoms with Gasteiger partial charge in [0.05, 0.1) is 13.0 Å². The van der Waals surface area contributed by atoms with Crippen molar-refractivity contribution >= 4 is 5.91 Å². The molecule has 0 fully saturated rings. The van der Waals surface area contributed by atoms with Crippen LogP contribution in [0.25, 0.3) is 0 Å². The number of nitrogens with one attached hydrogen (secondary N) is 2. The number of hydrogen-bond donors (Lipinski definition) is 2. The molecule has 0 spiro atoms. The van der Waals surface area contributed by atoms with Gasteiger partial charge >= 0.3 is 0 Å². The zero-order valence-corrected chi connectivity index (χ0v) is 10.5. The van der Waals surface area contributed by atoms with Gasteiger partial charge in [0.25, 0.3) is 0 Å². The average Bonchev–Trinajstić information content (AvgIpc) is 2.29. The fraction of sp³-hybridized carbons (Fsp3) is 0.462. The monoisotopic (exact) mass is 236 g/mol. The summed E-state index contributed by atoms with van der Waals surface area (Å²) < 4.78 is 5.49. The van der Waals surface area contributed by atoms with E-state index in [0.29, 0.717) is 19.6 Å². The second kappa shape index (κ2) is 7.68. The van der Waals surface area contributed by atoms with Crippen molar-refractivity contribution in [2.24, 2.45) is 0 Å². The Bertz CT molecular complexity index is 353. The molecule has 4 heteroatoms. The van der Waals surface area contributed by atoms with Gasteiger partial charge in [0.1, 0.15) is 5.75 Å². The molecule has 17 heavy (non-hydrogen) atoms. The van der Waals surface area contributed by atoms with Crippen LogP contribution in [-0.2, 0) is 4.79 Å². The summed E-state index contributed by atoms with van der Waals surface area (Å²) in [4.78, 5) is 11.4. The van der Waals surface area contributed by atoms with Gasteiger partial charge < -0.3 is 15.4 Å². The van der Waals surface area contributed by atoms with E-state index in [4.69, 9.17) is 4.74 Å². The van der Waals surface area contributed by atoms with Crippen LogP contribution >= 0.6 is 0 Å². The van der Waals surface area contributed by atoms with Crippen molar-refractivity contribution in [1.82, 2.24) is 10.6 Å². The topological polar surface area (TPSA) is 50.4 Å². The van der Waals surface area contributed by atoms with Gasteiger partial charge in [-0.3, -0.25) is 4.79 Å². The smallest absolute Gasteiger partial charge is 0.223 e. The first-order valence-electron chi connectivity index (χ1n) is 5.83. The van der Waals surface area contributed by atoms with Crippen molar-refractivity contribution < 1.29 is 9.53 Å². The molecule has 0 atom stereocenters. The van der Waals surface area contributed by atoms with E-state index in [1.54, 1.807) is 0 Å². The summed E-state index contributed by atoms with van der Waals surface area (Å²) in [6, 6.07) is 7.81. The zero-order chi connectivity index (χ0) is 12.5. The quantitative estimate of drug-likeness (QED) is 0.697. The molecule has 2 N–H and O–H groups in total. The number of carbonyl (C=O) groups excluding carboxylic acids is 1. The number of likely N-dealkylation sites (N-methyl/N-ethyl adjacent to an activating group) is 1. The van der Waals surface area contributed by atoms with Gasteiger partial charge in [-0.1, -0.05) is 12.1 Å². The molecule has 0 aliphatic rings. The van der Waals surface area contributed by atoms with Crippen LogP contribution in [0.1, 0.15) is 12.0 Å². The molecule has 0 saturated heterocycles. The molecule has 1 rings (SSSR count). The maximum absolute atomic E-state index is 11.4. The Balaban J connectivity index is 2.17. The molecule has 0 aromatic heterocycles. The summed E-state index contributed by atoms with van der Waals surface area (Å²) in [5.41, 5.74) is 1.15. The number of benzene rings is 1. The van der Waals surface area contributed by atoms with E-state index in [2.05, 4.69) is 10.6 Å². The predicted molar refractivity (Wildman–Crippen MR) is 68.2 cm³/mol. The van der Waals surface area contributed by atoms with E-state index < -0.39 is 0 Å². The molecule has 0 aliphatic heterocycles. The lowest BCUT2D eigenvalue weighted by Crippen LogP contribution is -2.31. The van der Waals surface area contributed by atoms with E-state index in [1.165, 1.54) is 0 Å². The Morgan fingerprint density at radius 1 is 1.35 bits per heavy atom. The Morgan fingerprint density at radius 2 is 2.18 bits per heavy atom. The van der Waals surface area contributed by atoms with Gasteiger partial charge in [-0.2, -0.15) is 0 Å². The Kier molecular flexibility index (Phi) is 6.10. The fourth-order valence-electron chi connectivity index (χ4n) is 1.38. The van der Waals surface area contributed by atoms with E-state index >= 15 is 0 Å². The Hall–Kier alpha value is -1.55. The maximum atomic E-state index is 11.4. The van der Waals surface area contributed by atoms with Crippen molar-refractivity contribution in [3.8, 4) is 5.75 Å². The van der Waals surface area contributed by atoms with Crippen molar-refractivity contribution in [3.63, 3.8) is 0 Å². The zero-order valence-electron chi connectivity index (χ0n) is 10.5. The van der Waals surface area contributed by atoms with Crippen LogP contribution in [0, 0.1) is 6.92 Å². The Labute approximate surface area is 102 Å². The van der Waals surface area contributed by atoms with Gasteiger partial charge in [0.2, 0.25) is 5.91 Å². The SMILES string of the molecule is CNCCNC(=O)CCOc1cccc(C)c1. The molecule has 0 bridgehead atoms. The lowest BCUT2D eigenvalue weighted by atomic mass is 10.2. The van der Waals surface area contributed by atoms with E-state index in [0.717, 1.165) is 17.9 Å². The standard InChI is InChI=1S/C13H20N2O2/c1-11-4-3-5-12(10-11)17-9-6-13(16)15-8-7-14-2/h3-5,10,14H,6-9H2,1-2H3,(H,15,16). The van der Waals surface area contributed by atoms with Crippen molar-refractivity contribution in [2.75, 3.05) is 26.7 Å². The molecule has 0 radical (unpaired) electrons. The average molecular weight is 236 g/mol. The Morgan fingerprint density at radius 3 is 2.88 bits per heavy atom. The van der Waals surface area contributed by atoms with Gasteiger partial charge in [-0.05, 0) is 31.7 Å². The highest BCUT2D eigenvalue weighted by molar-refractivity contribution is 5.75. The summed E-state index contributed by atoms with van der Waals surface area (Å²) in [6.45, 7) is 3.86. The molecular weight excluding hydrogens is 216 g/mol. The van der Waals surface area contributed by atoms with E-state index in [9.17, 15) is 4.79 Å². The van der Waals surface area contributed by atoms with Crippen LogP contribution in [0.4, 0.5) is 0 Å². The van der Waals surface area contributed by atoms with Crippen LogP contribution in [0.2, 0.25) is 0 Å². The molecule has 94 valence electrons. The molecule has 0 heterocycles. The number of rotatable bonds is 7. The summed E-state index contributed by atoms with van der Waals surface area (Å²) in [5.74, 6) is 0.834. The minimum Gasteiger partial charge on any atom is -0.493 e. The van der Waals surface area contributed by atoms with Crippen LogP contribution in [0.15, 0.2) is 24.3 Å². The van der Waals surface area contributed by atoms with E-state index in [-0.39, 0.29) is 5.91 Å². The summed E-state index contributed by atoms with van der Waals surface area (Å²) in [7, 11) is 1.85. The number of ether oxygens (including phenoxy) is 1. The molecule has 1 amide bonds. The lowest BCUT2D eigenvalue weighted by molar-refractivity contribution is -0.121. The normalized spacial score (nSPS) is 10.0. The molecular formula is C13H20N2O2. The van der Waals surface area contributed by atoms with Crippen LogP contribution in [-0.4, -0.2) is 32.7 Å². The van der Waals surface area contributed by atoms with Crippen LogP contribution in [0.3, 0.4) is 0 Å².